The average Bonchev–Trinajstić information content (AvgIpc) is 2.75. The molecule has 1 fully saturated rings. The Hall–Kier alpha value is -0.840. The third-order valence-electron chi connectivity index (χ3n) is 2.39. The van der Waals surface area contributed by atoms with E-state index in [0.29, 0.717) is 18.9 Å². The van der Waals surface area contributed by atoms with Crippen molar-refractivity contribution in [2.75, 3.05) is 13.2 Å². The zero-order valence-corrected chi connectivity index (χ0v) is 8.23. The van der Waals surface area contributed by atoms with Crippen LogP contribution >= 0.6 is 0 Å². The lowest BCUT2D eigenvalue weighted by atomic mass is 10.2. The van der Waals surface area contributed by atoms with Crippen molar-refractivity contribution in [1.82, 2.24) is 0 Å². The molecule has 0 radical (unpaired) electrons. The van der Waals surface area contributed by atoms with Crippen LogP contribution in [0.3, 0.4) is 0 Å². The summed E-state index contributed by atoms with van der Waals surface area (Å²) < 4.78 is 16.6. The Bertz CT molecular complexity index is 286. The maximum Gasteiger partial charge on any atom is 0.225 e. The summed E-state index contributed by atoms with van der Waals surface area (Å²) in [5.41, 5.74) is 5.46. The van der Waals surface area contributed by atoms with Crippen LogP contribution in [0.1, 0.15) is 19.1 Å². The molecular formula is C10H15NO3. The molecule has 0 spiro atoms. The quantitative estimate of drug-likeness (QED) is 0.791. The van der Waals surface area contributed by atoms with E-state index in [0.717, 1.165) is 6.42 Å². The highest BCUT2D eigenvalue weighted by Crippen LogP contribution is 2.34. The van der Waals surface area contributed by atoms with Gasteiger partial charge < -0.3 is 19.6 Å². The standard InChI is InChI=1S/C10H15NO3/c1-10(9-3-2-6-12-9)13-7-8(14-10)4-5-11/h2-3,6,8H,4-5,7,11H2,1H3. The summed E-state index contributed by atoms with van der Waals surface area (Å²) in [6.07, 6.45) is 2.51. The second-order valence-corrected chi connectivity index (χ2v) is 3.55. The molecule has 0 aromatic carbocycles. The lowest BCUT2D eigenvalue weighted by Gasteiger charge is -2.20. The van der Waals surface area contributed by atoms with Gasteiger partial charge in [0.1, 0.15) is 0 Å². The average molecular weight is 197 g/mol. The summed E-state index contributed by atoms with van der Waals surface area (Å²) >= 11 is 0. The van der Waals surface area contributed by atoms with Crippen LogP contribution < -0.4 is 5.73 Å². The van der Waals surface area contributed by atoms with Crippen LogP contribution in [0.4, 0.5) is 0 Å². The molecule has 1 aromatic rings. The normalized spacial score (nSPS) is 32.3. The van der Waals surface area contributed by atoms with Crippen LogP contribution in [0.5, 0.6) is 0 Å². The molecule has 2 rings (SSSR count). The number of rotatable bonds is 3. The van der Waals surface area contributed by atoms with Crippen LogP contribution in [0.25, 0.3) is 0 Å². The first-order valence-electron chi connectivity index (χ1n) is 4.80. The van der Waals surface area contributed by atoms with Crippen molar-refractivity contribution in [2.45, 2.75) is 25.2 Å². The number of nitrogens with two attached hydrogens (primary N) is 1. The van der Waals surface area contributed by atoms with Gasteiger partial charge in [-0.3, -0.25) is 0 Å². The maximum absolute atomic E-state index is 5.74. The maximum atomic E-state index is 5.74. The van der Waals surface area contributed by atoms with E-state index in [9.17, 15) is 0 Å². The van der Waals surface area contributed by atoms with Gasteiger partial charge in [-0.2, -0.15) is 0 Å². The van der Waals surface area contributed by atoms with Gasteiger partial charge in [0.15, 0.2) is 5.76 Å². The molecule has 78 valence electrons. The zero-order valence-electron chi connectivity index (χ0n) is 8.23. The van der Waals surface area contributed by atoms with E-state index in [4.69, 9.17) is 19.6 Å². The van der Waals surface area contributed by atoms with E-state index in [1.165, 1.54) is 0 Å². The molecule has 4 heteroatoms. The number of ether oxygens (including phenoxy) is 2. The predicted molar refractivity (Wildman–Crippen MR) is 50.6 cm³/mol. The van der Waals surface area contributed by atoms with Crippen LogP contribution in [0.15, 0.2) is 22.8 Å². The molecule has 0 saturated carbocycles. The van der Waals surface area contributed by atoms with Crippen molar-refractivity contribution in [3.8, 4) is 0 Å². The fourth-order valence-corrected chi connectivity index (χ4v) is 1.63. The summed E-state index contributed by atoms with van der Waals surface area (Å²) in [5.74, 6) is -0.0272. The van der Waals surface area contributed by atoms with E-state index >= 15 is 0 Å². The Morgan fingerprint density at radius 1 is 1.64 bits per heavy atom. The van der Waals surface area contributed by atoms with Gasteiger partial charge in [0.05, 0.1) is 19.0 Å². The highest BCUT2D eigenvalue weighted by atomic mass is 16.7. The molecule has 2 heterocycles. The lowest BCUT2D eigenvalue weighted by molar-refractivity contribution is -0.174. The van der Waals surface area contributed by atoms with E-state index in [2.05, 4.69) is 0 Å². The molecule has 2 atom stereocenters. The molecule has 14 heavy (non-hydrogen) atoms. The van der Waals surface area contributed by atoms with Gasteiger partial charge in [0.2, 0.25) is 5.79 Å². The molecule has 1 saturated heterocycles. The van der Waals surface area contributed by atoms with Crippen molar-refractivity contribution < 1.29 is 13.9 Å². The Kier molecular flexibility index (Phi) is 2.58. The minimum atomic E-state index is -0.733. The molecule has 1 aliphatic rings. The largest absolute Gasteiger partial charge is 0.464 e. The van der Waals surface area contributed by atoms with E-state index in [1.54, 1.807) is 6.26 Å². The second-order valence-electron chi connectivity index (χ2n) is 3.55. The topological polar surface area (TPSA) is 57.6 Å². The number of hydrogen-bond donors (Lipinski definition) is 1. The van der Waals surface area contributed by atoms with Crippen LogP contribution in [-0.4, -0.2) is 19.3 Å². The van der Waals surface area contributed by atoms with Gasteiger partial charge in [0, 0.05) is 0 Å². The van der Waals surface area contributed by atoms with Crippen molar-refractivity contribution >= 4 is 0 Å². The Labute approximate surface area is 83.0 Å². The van der Waals surface area contributed by atoms with Crippen LogP contribution in [0.2, 0.25) is 0 Å². The summed E-state index contributed by atoms with van der Waals surface area (Å²) in [7, 11) is 0. The molecule has 1 aliphatic heterocycles. The van der Waals surface area contributed by atoms with Gasteiger partial charge in [-0.25, -0.2) is 0 Å². The zero-order chi connectivity index (χ0) is 10.0. The first kappa shape index (κ1) is 9.71. The van der Waals surface area contributed by atoms with Gasteiger partial charge in [-0.15, -0.1) is 0 Å². The summed E-state index contributed by atoms with van der Waals surface area (Å²) in [5, 5.41) is 0. The molecule has 4 nitrogen and oxygen atoms in total. The first-order chi connectivity index (χ1) is 6.74. The fraction of sp³-hybridized carbons (Fsp3) is 0.600. The molecule has 0 amide bonds. The van der Waals surface area contributed by atoms with Gasteiger partial charge in [-0.1, -0.05) is 0 Å². The summed E-state index contributed by atoms with van der Waals surface area (Å²) in [6.45, 7) is 3.05. The van der Waals surface area contributed by atoms with Crippen molar-refractivity contribution in [1.29, 1.82) is 0 Å². The summed E-state index contributed by atoms with van der Waals surface area (Å²) in [6, 6.07) is 3.67. The highest BCUT2D eigenvalue weighted by molar-refractivity contribution is 5.06. The number of hydrogen-bond acceptors (Lipinski definition) is 4. The Morgan fingerprint density at radius 2 is 2.50 bits per heavy atom. The van der Waals surface area contributed by atoms with Crippen molar-refractivity contribution in [3.63, 3.8) is 0 Å². The van der Waals surface area contributed by atoms with Crippen molar-refractivity contribution in [3.05, 3.63) is 24.2 Å². The highest BCUT2D eigenvalue weighted by Gasteiger charge is 2.40. The van der Waals surface area contributed by atoms with Gasteiger partial charge >= 0.3 is 0 Å². The lowest BCUT2D eigenvalue weighted by Crippen LogP contribution is -2.24. The predicted octanol–water partition coefficient (Wildman–Crippen LogP) is 1.22. The molecule has 2 N–H and O–H groups in total. The van der Waals surface area contributed by atoms with E-state index < -0.39 is 5.79 Å². The molecule has 0 aliphatic carbocycles. The smallest absolute Gasteiger partial charge is 0.225 e. The third-order valence-corrected chi connectivity index (χ3v) is 2.39. The first-order valence-corrected chi connectivity index (χ1v) is 4.80. The van der Waals surface area contributed by atoms with Crippen LogP contribution in [0, 0.1) is 0 Å². The Morgan fingerprint density at radius 3 is 3.14 bits per heavy atom. The summed E-state index contributed by atoms with van der Waals surface area (Å²) in [4.78, 5) is 0. The van der Waals surface area contributed by atoms with Crippen molar-refractivity contribution in [2.24, 2.45) is 5.73 Å². The molecular weight excluding hydrogens is 182 g/mol. The fourth-order valence-electron chi connectivity index (χ4n) is 1.63. The molecule has 0 bridgehead atoms. The third kappa shape index (κ3) is 1.68. The second kappa shape index (κ2) is 3.73. The minimum Gasteiger partial charge on any atom is -0.464 e. The van der Waals surface area contributed by atoms with Gasteiger partial charge in [-0.05, 0) is 32.0 Å². The van der Waals surface area contributed by atoms with E-state index in [1.807, 2.05) is 19.1 Å². The Balaban J connectivity index is 2.06. The monoisotopic (exact) mass is 197 g/mol. The van der Waals surface area contributed by atoms with E-state index in [-0.39, 0.29) is 6.10 Å². The van der Waals surface area contributed by atoms with Gasteiger partial charge in [0.25, 0.3) is 0 Å². The minimum absolute atomic E-state index is 0.0788. The SMILES string of the molecule is CC1(c2ccco2)OCC(CCN)O1. The van der Waals surface area contributed by atoms with Crippen LogP contribution in [-0.2, 0) is 15.3 Å². The molecule has 2 unspecified atom stereocenters. The number of furan rings is 1. The molecule has 1 aromatic heterocycles.